The van der Waals surface area contributed by atoms with Gasteiger partial charge >= 0.3 is 0 Å². The van der Waals surface area contributed by atoms with Crippen LogP contribution in [0.5, 0.6) is 0 Å². The molecule has 0 fully saturated rings. The second-order valence-corrected chi connectivity index (χ2v) is 14.7. The Morgan fingerprint density at radius 3 is 1.31 bits per heavy atom. The number of aromatic nitrogens is 2. The van der Waals surface area contributed by atoms with Crippen molar-refractivity contribution >= 4 is 86.4 Å². The van der Waals surface area contributed by atoms with Gasteiger partial charge < -0.3 is 15.1 Å². The molecule has 3 nitrogen and oxygen atoms in total. The highest BCUT2D eigenvalue weighted by Gasteiger charge is 2.20. The smallest absolute Gasteiger partial charge is 0.107 e. The van der Waals surface area contributed by atoms with Gasteiger partial charge in [0.15, 0.2) is 0 Å². The number of rotatable bonds is 4. The fourth-order valence-electron chi connectivity index (χ4n) is 9.24. The topological polar surface area (TPSA) is 51.8 Å². The third-order valence-electron chi connectivity index (χ3n) is 11.9. The zero-order valence-electron chi connectivity index (χ0n) is 29.8. The maximum Gasteiger partial charge on any atom is 0.107 e. The van der Waals surface area contributed by atoms with Gasteiger partial charge in [0.1, 0.15) is 6.10 Å². The van der Waals surface area contributed by atoms with Gasteiger partial charge in [-0.3, -0.25) is 0 Å². The molecule has 256 valence electrons. The van der Waals surface area contributed by atoms with E-state index in [1.807, 2.05) is 24.4 Å². The first-order chi connectivity index (χ1) is 26.6. The number of aliphatic hydroxyl groups excluding tert-OH is 1. The Bertz CT molecular complexity index is 3070. The fraction of sp³-hybridized carbons (Fsp3) is 0.0588. The van der Waals surface area contributed by atoms with E-state index in [4.69, 9.17) is 0 Å². The number of para-hydroxylation sites is 2. The van der Waals surface area contributed by atoms with E-state index < -0.39 is 6.10 Å². The summed E-state index contributed by atoms with van der Waals surface area (Å²) < 4.78 is 0. The summed E-state index contributed by atoms with van der Waals surface area (Å²) in [5.74, 6) is 0.325. The lowest BCUT2D eigenvalue weighted by atomic mass is 9.85. The number of hydrogen-bond acceptors (Lipinski definition) is 1. The van der Waals surface area contributed by atoms with E-state index in [-0.39, 0.29) is 0 Å². The minimum absolute atomic E-state index is 0.325. The molecule has 0 saturated heterocycles. The molecule has 0 spiro atoms. The van der Waals surface area contributed by atoms with Gasteiger partial charge in [-0.2, -0.15) is 0 Å². The van der Waals surface area contributed by atoms with Crippen molar-refractivity contribution in [2.75, 3.05) is 0 Å². The molecule has 12 rings (SSSR count). The zero-order valence-corrected chi connectivity index (χ0v) is 29.8. The average molecular weight is 693 g/mol. The Kier molecular flexibility index (Phi) is 6.82. The number of aliphatic hydroxyl groups is 1. The maximum absolute atomic E-state index is 11.3. The molecule has 0 amide bonds. The second kappa shape index (κ2) is 11.9. The minimum atomic E-state index is -0.675. The van der Waals surface area contributed by atoms with Crippen LogP contribution in [0, 0.1) is 0 Å². The van der Waals surface area contributed by atoms with Crippen molar-refractivity contribution in [3.05, 3.63) is 192 Å². The van der Waals surface area contributed by atoms with E-state index in [0.29, 0.717) is 5.92 Å². The highest BCUT2D eigenvalue weighted by molar-refractivity contribution is 6.24. The Morgan fingerprint density at radius 1 is 0.352 bits per heavy atom. The number of benzene rings is 10. The summed E-state index contributed by atoms with van der Waals surface area (Å²) in [6, 6.07) is 56.2. The number of fused-ring (bicyclic) bond motifs is 2. The molecule has 3 N–H and O–H groups in total. The van der Waals surface area contributed by atoms with E-state index in [0.717, 1.165) is 27.4 Å². The summed E-state index contributed by atoms with van der Waals surface area (Å²) in [5.41, 5.74) is 6.87. The average Bonchev–Trinajstić information content (AvgIpc) is 3.87. The van der Waals surface area contributed by atoms with Crippen LogP contribution in [0.2, 0.25) is 0 Å². The largest absolute Gasteiger partial charge is 0.384 e. The molecule has 3 heteroatoms. The van der Waals surface area contributed by atoms with Crippen LogP contribution in [0.1, 0.15) is 41.2 Å². The number of nitrogens with one attached hydrogen (secondary N) is 2. The lowest BCUT2D eigenvalue weighted by Gasteiger charge is -2.18. The van der Waals surface area contributed by atoms with Crippen LogP contribution in [0.15, 0.2) is 170 Å². The molecule has 54 heavy (non-hydrogen) atoms. The van der Waals surface area contributed by atoms with Gasteiger partial charge in [-0.25, -0.2) is 0 Å². The van der Waals surface area contributed by atoms with Crippen LogP contribution in [0.3, 0.4) is 0 Å². The summed E-state index contributed by atoms with van der Waals surface area (Å²) in [7, 11) is 0. The van der Waals surface area contributed by atoms with Gasteiger partial charge in [0.2, 0.25) is 0 Å². The molecule has 0 saturated carbocycles. The molecule has 10 aromatic carbocycles. The molecule has 2 atom stereocenters. The van der Waals surface area contributed by atoms with Crippen molar-refractivity contribution in [2.24, 2.45) is 0 Å². The Labute approximate surface area is 311 Å². The first-order valence-corrected chi connectivity index (χ1v) is 18.8. The third-order valence-corrected chi connectivity index (χ3v) is 11.9. The summed E-state index contributed by atoms with van der Waals surface area (Å²) in [4.78, 5) is 6.71. The molecular weight excluding hydrogens is 657 g/mol. The Balaban J connectivity index is 0.000000126. The van der Waals surface area contributed by atoms with E-state index in [9.17, 15) is 5.11 Å². The van der Waals surface area contributed by atoms with Crippen molar-refractivity contribution in [3.63, 3.8) is 0 Å². The van der Waals surface area contributed by atoms with Crippen molar-refractivity contribution in [2.45, 2.75) is 18.9 Å². The molecule has 2 heterocycles. The number of aromatic amines is 2. The van der Waals surface area contributed by atoms with Gasteiger partial charge in [-0.05, 0) is 93.5 Å². The summed E-state index contributed by atoms with van der Waals surface area (Å²) in [6.07, 6.45) is 3.42. The van der Waals surface area contributed by atoms with Crippen LogP contribution in [-0.4, -0.2) is 15.1 Å². The van der Waals surface area contributed by atoms with E-state index >= 15 is 0 Å². The Morgan fingerprint density at radius 2 is 0.759 bits per heavy atom. The quantitative estimate of drug-likeness (QED) is 0.158. The van der Waals surface area contributed by atoms with Gasteiger partial charge in [-0.15, -0.1) is 0 Å². The van der Waals surface area contributed by atoms with Gasteiger partial charge in [0, 0.05) is 45.7 Å². The second-order valence-electron chi connectivity index (χ2n) is 14.7. The zero-order chi connectivity index (χ0) is 35.9. The molecule has 0 aliphatic rings. The summed E-state index contributed by atoms with van der Waals surface area (Å²) in [5, 5.41) is 29.1. The SMILES string of the molecule is CC(c1c[nH]c2ccccc12)c1ccc2ccc3cccc4ccc1c2c34.OC(c1c[nH]c2ccccc12)c1ccc2ccc3cccc4ccc1c2c34. The number of hydrogen-bond donors (Lipinski definition) is 3. The minimum Gasteiger partial charge on any atom is -0.384 e. The van der Waals surface area contributed by atoms with Crippen LogP contribution in [-0.2, 0) is 0 Å². The first kappa shape index (κ1) is 30.9. The van der Waals surface area contributed by atoms with Crippen molar-refractivity contribution in [1.29, 1.82) is 0 Å². The van der Waals surface area contributed by atoms with Gasteiger partial charge in [0.05, 0.1) is 0 Å². The molecule has 2 unspecified atom stereocenters. The van der Waals surface area contributed by atoms with E-state index in [1.165, 1.54) is 81.3 Å². The highest BCUT2D eigenvalue weighted by Crippen LogP contribution is 2.42. The molecular formula is C51H36N2O. The summed E-state index contributed by atoms with van der Waals surface area (Å²) >= 11 is 0. The molecule has 12 aromatic rings. The lowest BCUT2D eigenvalue weighted by molar-refractivity contribution is 0.223. The predicted octanol–water partition coefficient (Wildman–Crippen LogP) is 13.4. The normalized spacial score (nSPS) is 13.2. The maximum atomic E-state index is 11.3. The molecule has 0 radical (unpaired) electrons. The first-order valence-electron chi connectivity index (χ1n) is 18.8. The third kappa shape index (κ3) is 4.59. The van der Waals surface area contributed by atoms with E-state index in [1.54, 1.807) is 0 Å². The predicted molar refractivity (Wildman–Crippen MR) is 228 cm³/mol. The Hall–Kier alpha value is -6.68. The monoisotopic (exact) mass is 692 g/mol. The van der Waals surface area contributed by atoms with Crippen LogP contribution >= 0.6 is 0 Å². The highest BCUT2D eigenvalue weighted by atomic mass is 16.3. The van der Waals surface area contributed by atoms with E-state index in [2.05, 4.69) is 163 Å². The van der Waals surface area contributed by atoms with Crippen LogP contribution < -0.4 is 0 Å². The van der Waals surface area contributed by atoms with Crippen molar-refractivity contribution < 1.29 is 5.11 Å². The number of H-pyrrole nitrogens is 2. The fourth-order valence-corrected chi connectivity index (χ4v) is 9.24. The molecule has 0 bridgehead atoms. The standard InChI is InChI=1S/C26H19N.C25H17NO/c1-16(23-15-27-24-8-3-2-7-21(23)24)20-13-11-19-10-9-17-5-4-6-18-12-14-22(20)26(19)25(17)18;27-25(21-14-26-22-7-2-1-6-18(21)22)20-13-11-17-9-8-15-4-3-5-16-10-12-19(20)24(17)23(15)16/h2-16,27H,1H3;1-14,25-27H. The van der Waals surface area contributed by atoms with Gasteiger partial charge in [0.25, 0.3) is 0 Å². The van der Waals surface area contributed by atoms with Crippen molar-refractivity contribution in [3.8, 4) is 0 Å². The van der Waals surface area contributed by atoms with Crippen molar-refractivity contribution in [1.82, 2.24) is 9.97 Å². The lowest BCUT2D eigenvalue weighted by Crippen LogP contribution is -2.00. The molecule has 0 aliphatic carbocycles. The molecule has 2 aromatic heterocycles. The molecule has 0 aliphatic heterocycles. The summed E-state index contributed by atoms with van der Waals surface area (Å²) in [6.45, 7) is 2.32. The van der Waals surface area contributed by atoms with Crippen LogP contribution in [0.25, 0.3) is 86.4 Å². The van der Waals surface area contributed by atoms with Crippen LogP contribution in [0.4, 0.5) is 0 Å². The van der Waals surface area contributed by atoms with Gasteiger partial charge in [-0.1, -0.05) is 153 Å².